The van der Waals surface area contributed by atoms with Crippen LogP contribution in [0.5, 0.6) is 0 Å². The molecule has 0 saturated carbocycles. The summed E-state index contributed by atoms with van der Waals surface area (Å²) in [6.45, 7) is 1.40. The quantitative estimate of drug-likeness (QED) is 0.703. The Morgan fingerprint density at radius 3 is 2.69 bits per heavy atom. The molecule has 0 unspecified atom stereocenters. The predicted molar refractivity (Wildman–Crippen MR) is 44.5 cm³/mol. The van der Waals surface area contributed by atoms with Gasteiger partial charge in [0.15, 0.2) is 0 Å². The van der Waals surface area contributed by atoms with Crippen molar-refractivity contribution < 1.29 is 14.3 Å². The minimum Gasteiger partial charge on any atom is -0.476 e. The Labute approximate surface area is 74.3 Å². The molecule has 1 aromatic rings. The Morgan fingerprint density at radius 2 is 2.31 bits per heavy atom. The normalized spacial score (nSPS) is 12.5. The van der Waals surface area contributed by atoms with Crippen LogP contribution in [0.1, 0.15) is 12.5 Å². The number of nitrogens with zero attached hydrogens (tertiary/aromatic N) is 2. The molecule has 1 heterocycles. The number of hydrogen-bond acceptors (Lipinski definition) is 2. The van der Waals surface area contributed by atoms with Crippen molar-refractivity contribution in [2.45, 2.75) is 6.92 Å². The van der Waals surface area contributed by atoms with Crippen LogP contribution in [0.4, 0.5) is 4.39 Å². The van der Waals surface area contributed by atoms with Crippen LogP contribution in [0.2, 0.25) is 0 Å². The number of carbonyl (C=O) groups is 1. The van der Waals surface area contributed by atoms with Crippen LogP contribution in [0.15, 0.2) is 18.2 Å². The minimum atomic E-state index is -1.55. The van der Waals surface area contributed by atoms with Crippen LogP contribution >= 0.6 is 0 Å². The van der Waals surface area contributed by atoms with Gasteiger partial charge in [-0.25, -0.2) is 4.79 Å². The van der Waals surface area contributed by atoms with Crippen LogP contribution in [0, 0.1) is 0 Å². The van der Waals surface area contributed by atoms with Crippen molar-refractivity contribution >= 4 is 11.5 Å². The first-order valence-corrected chi connectivity index (χ1v) is 3.61. The van der Waals surface area contributed by atoms with E-state index < -0.39 is 11.8 Å². The van der Waals surface area contributed by atoms with Crippen molar-refractivity contribution in [2.24, 2.45) is 7.05 Å². The maximum absolute atomic E-state index is 12.9. The Bertz CT molecular complexity index is 368. The third-order valence-electron chi connectivity index (χ3n) is 1.65. The molecule has 1 rings (SSSR count). The fourth-order valence-electron chi connectivity index (χ4n) is 0.902. The molecule has 0 saturated heterocycles. The summed E-state index contributed by atoms with van der Waals surface area (Å²) in [5.41, 5.74) is 0.558. The van der Waals surface area contributed by atoms with Crippen molar-refractivity contribution in [3.8, 4) is 0 Å². The van der Waals surface area contributed by atoms with E-state index >= 15 is 0 Å². The van der Waals surface area contributed by atoms with Gasteiger partial charge < -0.3 is 5.11 Å². The van der Waals surface area contributed by atoms with E-state index in [0.29, 0.717) is 5.56 Å². The molecule has 0 spiro atoms. The second-order valence-electron chi connectivity index (χ2n) is 2.65. The summed E-state index contributed by atoms with van der Waals surface area (Å²) in [5.74, 6) is -2.70. The van der Waals surface area contributed by atoms with E-state index in [-0.39, 0.29) is 5.57 Å². The summed E-state index contributed by atoms with van der Waals surface area (Å²) < 4.78 is 14.3. The second-order valence-corrected chi connectivity index (χ2v) is 2.65. The second kappa shape index (κ2) is 3.38. The monoisotopic (exact) mass is 184 g/mol. The maximum Gasteiger partial charge on any atom is 0.365 e. The molecule has 5 heteroatoms. The fourth-order valence-corrected chi connectivity index (χ4v) is 0.902. The summed E-state index contributed by atoms with van der Waals surface area (Å²) in [6, 6.07) is 0. The van der Waals surface area contributed by atoms with Gasteiger partial charge in [0.1, 0.15) is 0 Å². The van der Waals surface area contributed by atoms with Crippen molar-refractivity contribution in [2.75, 3.05) is 0 Å². The van der Waals surface area contributed by atoms with Crippen LogP contribution < -0.4 is 0 Å². The molecule has 13 heavy (non-hydrogen) atoms. The summed E-state index contributed by atoms with van der Waals surface area (Å²) in [5, 5.41) is 12.2. The molecule has 70 valence electrons. The molecule has 0 aromatic carbocycles. The lowest BCUT2D eigenvalue weighted by Gasteiger charge is -1.95. The number of aliphatic carboxylic acids is 1. The van der Waals surface area contributed by atoms with Gasteiger partial charge in [0, 0.05) is 24.4 Å². The number of allylic oxidation sites excluding steroid dienone is 1. The molecule has 0 aliphatic carbocycles. The van der Waals surface area contributed by atoms with Gasteiger partial charge in [0.25, 0.3) is 0 Å². The van der Waals surface area contributed by atoms with E-state index in [2.05, 4.69) is 5.10 Å². The van der Waals surface area contributed by atoms with Gasteiger partial charge in [-0.05, 0) is 6.92 Å². The van der Waals surface area contributed by atoms with Gasteiger partial charge in [0.2, 0.25) is 5.83 Å². The molecular weight excluding hydrogens is 175 g/mol. The Kier molecular flexibility index (Phi) is 2.46. The first-order valence-electron chi connectivity index (χ1n) is 3.61. The summed E-state index contributed by atoms with van der Waals surface area (Å²) in [4.78, 5) is 10.3. The van der Waals surface area contributed by atoms with E-state index in [0.717, 1.165) is 0 Å². The van der Waals surface area contributed by atoms with Crippen molar-refractivity contribution in [3.63, 3.8) is 0 Å². The van der Waals surface area contributed by atoms with Crippen LogP contribution in [0.25, 0.3) is 5.57 Å². The van der Waals surface area contributed by atoms with Crippen LogP contribution in [0.3, 0.4) is 0 Å². The lowest BCUT2D eigenvalue weighted by molar-refractivity contribution is -0.134. The third-order valence-corrected chi connectivity index (χ3v) is 1.65. The molecular formula is C8H9FN2O2. The minimum absolute atomic E-state index is 0.0839. The summed E-state index contributed by atoms with van der Waals surface area (Å²) >= 11 is 0. The van der Waals surface area contributed by atoms with Gasteiger partial charge >= 0.3 is 5.97 Å². The SMILES string of the molecule is CC(=C(F)C(=O)O)c1cnn(C)c1. The maximum atomic E-state index is 12.9. The van der Waals surface area contributed by atoms with E-state index in [1.807, 2.05) is 0 Å². The van der Waals surface area contributed by atoms with Crippen molar-refractivity contribution in [3.05, 3.63) is 23.8 Å². The predicted octanol–water partition coefficient (Wildman–Crippen LogP) is 1.21. The van der Waals surface area contributed by atoms with E-state index in [1.54, 1.807) is 13.2 Å². The van der Waals surface area contributed by atoms with Crippen molar-refractivity contribution in [1.29, 1.82) is 0 Å². The topological polar surface area (TPSA) is 55.1 Å². The molecule has 0 aliphatic rings. The Hall–Kier alpha value is -1.65. The summed E-state index contributed by atoms with van der Waals surface area (Å²) in [6.07, 6.45) is 2.97. The van der Waals surface area contributed by atoms with Crippen LogP contribution in [-0.4, -0.2) is 20.9 Å². The zero-order chi connectivity index (χ0) is 10.0. The number of carboxylic acid groups (broad SMARTS) is 1. The first-order chi connectivity index (χ1) is 6.02. The van der Waals surface area contributed by atoms with Gasteiger partial charge in [-0.3, -0.25) is 4.68 Å². The highest BCUT2D eigenvalue weighted by molar-refractivity contribution is 5.93. The first kappa shape index (κ1) is 9.44. The number of hydrogen-bond donors (Lipinski definition) is 1. The average Bonchev–Trinajstić information content (AvgIpc) is 2.49. The highest BCUT2D eigenvalue weighted by Crippen LogP contribution is 2.18. The Balaban J connectivity index is 3.09. The van der Waals surface area contributed by atoms with Gasteiger partial charge in [-0.1, -0.05) is 0 Å². The van der Waals surface area contributed by atoms with Gasteiger partial charge in [0.05, 0.1) is 6.20 Å². The van der Waals surface area contributed by atoms with E-state index in [1.165, 1.54) is 17.8 Å². The highest BCUT2D eigenvalue weighted by Gasteiger charge is 2.12. The largest absolute Gasteiger partial charge is 0.476 e. The molecule has 0 fully saturated rings. The number of rotatable bonds is 2. The molecule has 0 bridgehead atoms. The lowest BCUT2D eigenvalue weighted by atomic mass is 10.1. The summed E-state index contributed by atoms with van der Waals surface area (Å²) in [7, 11) is 1.68. The standard InChI is InChI=1S/C8H9FN2O2/c1-5(7(9)8(12)13)6-3-10-11(2)4-6/h3-4H,1-2H3,(H,12,13). The number of carboxylic acids is 1. The molecule has 0 aliphatic heterocycles. The highest BCUT2D eigenvalue weighted by atomic mass is 19.1. The number of halogens is 1. The molecule has 1 aromatic heterocycles. The zero-order valence-corrected chi connectivity index (χ0v) is 7.28. The smallest absolute Gasteiger partial charge is 0.365 e. The van der Waals surface area contributed by atoms with Gasteiger partial charge in [-0.2, -0.15) is 9.49 Å². The average molecular weight is 184 g/mol. The molecule has 0 atom stereocenters. The fraction of sp³-hybridized carbons (Fsp3) is 0.250. The zero-order valence-electron chi connectivity index (χ0n) is 7.28. The van der Waals surface area contributed by atoms with Crippen LogP contribution in [-0.2, 0) is 11.8 Å². The van der Waals surface area contributed by atoms with Crippen molar-refractivity contribution in [1.82, 2.24) is 9.78 Å². The number of aryl methyl sites for hydroxylation is 1. The molecule has 0 radical (unpaired) electrons. The van der Waals surface area contributed by atoms with E-state index in [9.17, 15) is 9.18 Å². The van der Waals surface area contributed by atoms with Gasteiger partial charge in [-0.15, -0.1) is 0 Å². The molecule has 0 amide bonds. The molecule has 4 nitrogen and oxygen atoms in total. The molecule has 1 N–H and O–H groups in total. The lowest BCUT2D eigenvalue weighted by Crippen LogP contribution is -1.97. The Morgan fingerprint density at radius 1 is 1.69 bits per heavy atom. The van der Waals surface area contributed by atoms with E-state index in [4.69, 9.17) is 5.11 Å². The third kappa shape index (κ3) is 1.93. The number of aromatic nitrogens is 2.